The summed E-state index contributed by atoms with van der Waals surface area (Å²) in [5, 5.41) is 0.640. The minimum Gasteiger partial charge on any atom is -0.345 e. The van der Waals surface area contributed by atoms with Gasteiger partial charge < -0.3 is 9.80 Å². The predicted molar refractivity (Wildman–Crippen MR) is 75.6 cm³/mol. The second-order valence-electron chi connectivity index (χ2n) is 4.39. The highest BCUT2D eigenvalue weighted by atomic mass is 35.5. The van der Waals surface area contributed by atoms with Crippen molar-refractivity contribution in [1.29, 1.82) is 0 Å². The monoisotopic (exact) mass is 287 g/mol. The van der Waals surface area contributed by atoms with Crippen molar-refractivity contribution in [2.75, 3.05) is 31.1 Å². The summed E-state index contributed by atoms with van der Waals surface area (Å²) in [5.74, 6) is 0.0321. The fourth-order valence-electron chi connectivity index (χ4n) is 1.98. The number of halogens is 1. The smallest absolute Gasteiger partial charge is 0.240 e. The summed E-state index contributed by atoms with van der Waals surface area (Å²) < 4.78 is 0. The van der Waals surface area contributed by atoms with E-state index in [1.807, 2.05) is 11.1 Å². The third kappa shape index (κ3) is 2.95. The van der Waals surface area contributed by atoms with Crippen molar-refractivity contribution < 1.29 is 4.79 Å². The molecule has 0 radical (unpaired) electrons. The van der Waals surface area contributed by atoms with E-state index < -0.39 is 5.38 Å². The van der Waals surface area contributed by atoms with Gasteiger partial charge in [0.05, 0.1) is 0 Å². The van der Waals surface area contributed by atoms with Gasteiger partial charge in [0.1, 0.15) is 5.38 Å². The van der Waals surface area contributed by atoms with Crippen LogP contribution in [0, 0.1) is 0 Å². The molecule has 1 atom stereocenters. The zero-order valence-electron chi connectivity index (χ0n) is 10.7. The highest BCUT2D eigenvalue weighted by Crippen LogP contribution is 2.24. The maximum Gasteiger partial charge on any atom is 0.240 e. The van der Waals surface area contributed by atoms with Gasteiger partial charge in [-0.25, -0.2) is 4.98 Å². The van der Waals surface area contributed by atoms with Gasteiger partial charge in [-0.2, -0.15) is 0 Å². The van der Waals surface area contributed by atoms with Crippen LogP contribution in [0.1, 0.15) is 18.7 Å². The number of amides is 1. The van der Waals surface area contributed by atoms with E-state index in [9.17, 15) is 4.79 Å². The van der Waals surface area contributed by atoms with Crippen molar-refractivity contribution >= 4 is 34.0 Å². The molecule has 1 fully saturated rings. The van der Waals surface area contributed by atoms with Crippen LogP contribution in [0.5, 0.6) is 0 Å². The standard InChI is InChI=1S/C12H18ClN3OS/c1-3-10-8-14-12(18-10)16-6-4-15(5-7-16)11(17)9(2)13/h8-9H,3-7H2,1-2H3. The number of hydrogen-bond donors (Lipinski definition) is 0. The molecule has 1 aliphatic heterocycles. The number of nitrogens with zero attached hydrogens (tertiary/aromatic N) is 3. The molecule has 1 amide bonds. The van der Waals surface area contributed by atoms with E-state index >= 15 is 0 Å². The molecule has 2 rings (SSSR count). The molecule has 0 saturated carbocycles. The lowest BCUT2D eigenvalue weighted by Gasteiger charge is -2.35. The van der Waals surface area contributed by atoms with Gasteiger partial charge in [-0.1, -0.05) is 6.92 Å². The molecule has 0 N–H and O–H groups in total. The molecule has 4 nitrogen and oxygen atoms in total. The minimum absolute atomic E-state index is 0.0321. The third-order valence-electron chi connectivity index (χ3n) is 3.09. The molecule has 0 spiro atoms. The number of alkyl halides is 1. The molecule has 1 aromatic heterocycles. The van der Waals surface area contributed by atoms with Crippen molar-refractivity contribution in [3.05, 3.63) is 11.1 Å². The SMILES string of the molecule is CCc1cnc(N2CCN(C(=O)C(C)Cl)CC2)s1. The van der Waals surface area contributed by atoms with Crippen LogP contribution in [0.3, 0.4) is 0 Å². The number of piperazine rings is 1. The van der Waals surface area contributed by atoms with Crippen LogP contribution >= 0.6 is 22.9 Å². The van der Waals surface area contributed by atoms with Crippen LogP contribution in [0.2, 0.25) is 0 Å². The van der Waals surface area contributed by atoms with E-state index in [-0.39, 0.29) is 5.91 Å². The van der Waals surface area contributed by atoms with Gasteiger partial charge in [0.25, 0.3) is 0 Å². The molecule has 0 aliphatic carbocycles. The molecule has 2 heterocycles. The highest BCUT2D eigenvalue weighted by Gasteiger charge is 2.24. The van der Waals surface area contributed by atoms with Crippen molar-refractivity contribution in [3.63, 3.8) is 0 Å². The molecule has 1 aliphatic rings. The zero-order valence-corrected chi connectivity index (χ0v) is 12.3. The number of hydrogen-bond acceptors (Lipinski definition) is 4. The summed E-state index contributed by atoms with van der Waals surface area (Å²) in [4.78, 5) is 21.6. The van der Waals surface area contributed by atoms with Crippen molar-refractivity contribution in [1.82, 2.24) is 9.88 Å². The Morgan fingerprint density at radius 3 is 2.67 bits per heavy atom. The summed E-state index contributed by atoms with van der Waals surface area (Å²) >= 11 is 7.56. The maximum absolute atomic E-state index is 11.8. The lowest BCUT2D eigenvalue weighted by atomic mass is 10.3. The van der Waals surface area contributed by atoms with Gasteiger partial charge in [0.2, 0.25) is 5.91 Å². The molecule has 1 aromatic rings. The molecule has 1 unspecified atom stereocenters. The maximum atomic E-state index is 11.8. The quantitative estimate of drug-likeness (QED) is 0.798. The van der Waals surface area contributed by atoms with Crippen LogP contribution in [-0.2, 0) is 11.2 Å². The first-order valence-electron chi connectivity index (χ1n) is 6.24. The average molecular weight is 288 g/mol. The van der Waals surface area contributed by atoms with Crippen LogP contribution in [0.4, 0.5) is 5.13 Å². The Morgan fingerprint density at radius 2 is 2.17 bits per heavy atom. The Bertz CT molecular complexity index is 413. The summed E-state index contributed by atoms with van der Waals surface area (Å²) in [5.41, 5.74) is 0. The lowest BCUT2D eigenvalue weighted by molar-refractivity contribution is -0.130. The minimum atomic E-state index is -0.428. The van der Waals surface area contributed by atoms with Gasteiger partial charge >= 0.3 is 0 Å². The lowest BCUT2D eigenvalue weighted by Crippen LogP contribution is -2.50. The molecular weight excluding hydrogens is 270 g/mol. The van der Waals surface area contributed by atoms with Gasteiger partial charge in [-0.15, -0.1) is 22.9 Å². The molecule has 100 valence electrons. The van der Waals surface area contributed by atoms with Crippen molar-refractivity contribution in [3.8, 4) is 0 Å². The third-order valence-corrected chi connectivity index (χ3v) is 4.48. The van der Waals surface area contributed by atoms with E-state index in [4.69, 9.17) is 11.6 Å². The molecule has 1 saturated heterocycles. The van der Waals surface area contributed by atoms with E-state index in [0.717, 1.165) is 37.7 Å². The first-order chi connectivity index (χ1) is 8.61. The fourth-order valence-corrected chi connectivity index (χ4v) is 3.02. The van der Waals surface area contributed by atoms with Gasteiger partial charge in [0, 0.05) is 37.3 Å². The second kappa shape index (κ2) is 5.89. The molecule has 6 heteroatoms. The Morgan fingerprint density at radius 1 is 1.50 bits per heavy atom. The largest absolute Gasteiger partial charge is 0.345 e. The fraction of sp³-hybridized carbons (Fsp3) is 0.667. The molecule has 18 heavy (non-hydrogen) atoms. The van der Waals surface area contributed by atoms with Crippen molar-refractivity contribution in [2.45, 2.75) is 25.6 Å². The first kappa shape index (κ1) is 13.6. The topological polar surface area (TPSA) is 36.4 Å². The van der Waals surface area contributed by atoms with Crippen molar-refractivity contribution in [2.24, 2.45) is 0 Å². The number of rotatable bonds is 3. The molecule has 0 aromatic carbocycles. The van der Waals surface area contributed by atoms with Crippen LogP contribution < -0.4 is 4.90 Å². The molecule has 0 bridgehead atoms. The normalized spacial score (nSPS) is 17.9. The Labute approximate surface area is 117 Å². The summed E-state index contributed by atoms with van der Waals surface area (Å²) in [7, 11) is 0. The first-order valence-corrected chi connectivity index (χ1v) is 7.49. The van der Waals surface area contributed by atoms with Crippen LogP contribution in [0.25, 0.3) is 0 Å². The van der Waals surface area contributed by atoms with Gasteiger partial charge in [0.15, 0.2) is 5.13 Å². The van der Waals surface area contributed by atoms with Gasteiger partial charge in [-0.3, -0.25) is 4.79 Å². The van der Waals surface area contributed by atoms with E-state index in [1.165, 1.54) is 4.88 Å². The van der Waals surface area contributed by atoms with Crippen LogP contribution in [0.15, 0.2) is 6.20 Å². The average Bonchev–Trinajstić information content (AvgIpc) is 2.86. The Balaban J connectivity index is 1.92. The second-order valence-corrected chi connectivity index (χ2v) is 6.14. The van der Waals surface area contributed by atoms with E-state index in [0.29, 0.717) is 0 Å². The highest BCUT2D eigenvalue weighted by molar-refractivity contribution is 7.15. The number of anilines is 1. The summed E-state index contributed by atoms with van der Waals surface area (Å²) in [6, 6.07) is 0. The predicted octanol–water partition coefficient (Wildman–Crippen LogP) is 1.98. The Kier molecular flexibility index (Phi) is 4.45. The number of aryl methyl sites for hydroxylation is 1. The molecular formula is C12H18ClN3OS. The zero-order chi connectivity index (χ0) is 13.1. The number of carbonyl (C=O) groups excluding carboxylic acids is 1. The number of aromatic nitrogens is 1. The Hall–Kier alpha value is -0.810. The summed E-state index contributed by atoms with van der Waals surface area (Å²) in [6.07, 6.45) is 2.97. The van der Waals surface area contributed by atoms with Crippen LogP contribution in [-0.4, -0.2) is 47.3 Å². The van der Waals surface area contributed by atoms with E-state index in [2.05, 4.69) is 16.8 Å². The number of thiazole rings is 1. The van der Waals surface area contributed by atoms with E-state index in [1.54, 1.807) is 18.3 Å². The summed E-state index contributed by atoms with van der Waals surface area (Å²) in [6.45, 7) is 7.01. The number of carbonyl (C=O) groups is 1. The van der Waals surface area contributed by atoms with Gasteiger partial charge in [-0.05, 0) is 13.3 Å².